The van der Waals surface area contributed by atoms with Crippen molar-refractivity contribution in [3.8, 4) is 11.8 Å². The number of carbonyl (C=O) groups is 1. The number of halogens is 2. The van der Waals surface area contributed by atoms with Crippen LogP contribution in [-0.4, -0.2) is 12.4 Å². The van der Waals surface area contributed by atoms with Gasteiger partial charge in [0.25, 0.3) is 0 Å². The molecular formula is C11H9Cl2NO2. The third-order valence-electron chi connectivity index (χ3n) is 1.82. The molecule has 0 heterocycles. The summed E-state index contributed by atoms with van der Waals surface area (Å²) in [5, 5.41) is 9.13. The first-order valence-electron chi connectivity index (χ1n) is 4.60. The number of hydrogen-bond acceptors (Lipinski definition) is 3. The van der Waals surface area contributed by atoms with Crippen LogP contribution in [0.3, 0.4) is 0 Å². The Morgan fingerprint density at radius 2 is 2.12 bits per heavy atom. The molecule has 5 heteroatoms. The number of nitrogens with zero attached hydrogens (tertiary/aromatic N) is 1. The summed E-state index contributed by atoms with van der Waals surface area (Å²) < 4.78 is 5.29. The molecule has 0 bridgehead atoms. The molecule has 1 aromatic rings. The highest BCUT2D eigenvalue weighted by Crippen LogP contribution is 2.26. The van der Waals surface area contributed by atoms with Crippen LogP contribution in [0, 0.1) is 11.3 Å². The maximum absolute atomic E-state index is 11.0. The number of ether oxygens (including phenoxy) is 1. The van der Waals surface area contributed by atoms with E-state index in [2.05, 4.69) is 0 Å². The lowest BCUT2D eigenvalue weighted by atomic mass is 10.2. The first kappa shape index (κ1) is 12.8. The molecule has 16 heavy (non-hydrogen) atoms. The predicted octanol–water partition coefficient (Wildman–Crippen LogP) is 3.25. The third-order valence-corrected chi connectivity index (χ3v) is 2.56. The highest BCUT2D eigenvalue weighted by Gasteiger charge is 2.03. The van der Waals surface area contributed by atoms with E-state index in [0.29, 0.717) is 15.8 Å². The lowest BCUT2D eigenvalue weighted by molar-refractivity contribution is -0.118. The topological polar surface area (TPSA) is 50.1 Å². The minimum atomic E-state index is -0.137. The molecule has 0 amide bonds. The molecule has 0 aliphatic rings. The van der Waals surface area contributed by atoms with Crippen LogP contribution in [0.5, 0.6) is 5.75 Å². The molecule has 0 N–H and O–H groups in total. The van der Waals surface area contributed by atoms with E-state index >= 15 is 0 Å². The normalized spacial score (nSPS) is 9.56. The third kappa shape index (κ3) is 4.09. The van der Waals surface area contributed by atoms with Crippen molar-refractivity contribution in [2.45, 2.75) is 12.8 Å². The molecule has 0 atom stereocenters. The average Bonchev–Trinajstić information content (AvgIpc) is 2.24. The molecule has 0 unspecified atom stereocenters. The van der Waals surface area contributed by atoms with Gasteiger partial charge in [0, 0.05) is 12.5 Å². The van der Waals surface area contributed by atoms with Gasteiger partial charge in [-0.1, -0.05) is 23.2 Å². The van der Waals surface area contributed by atoms with Gasteiger partial charge in [-0.3, -0.25) is 4.79 Å². The fraction of sp³-hybridized carbons (Fsp3) is 0.273. The zero-order chi connectivity index (χ0) is 12.0. The second-order valence-electron chi connectivity index (χ2n) is 3.05. The minimum absolute atomic E-state index is 0.0786. The van der Waals surface area contributed by atoms with Crippen molar-refractivity contribution in [3.63, 3.8) is 0 Å². The van der Waals surface area contributed by atoms with E-state index in [1.807, 2.05) is 0 Å². The average molecular weight is 258 g/mol. The first-order chi connectivity index (χ1) is 7.63. The standard InChI is InChI=1S/C11H9Cl2NO2/c12-10-2-1-9(7-11(10)13)16-6-4-8(15)3-5-14/h1-2,7H,3-4,6H2. The fourth-order valence-electron chi connectivity index (χ4n) is 1.03. The van der Waals surface area contributed by atoms with Crippen molar-refractivity contribution >= 4 is 29.0 Å². The summed E-state index contributed by atoms with van der Waals surface area (Å²) in [7, 11) is 0. The van der Waals surface area contributed by atoms with Crippen molar-refractivity contribution in [1.82, 2.24) is 0 Å². The Balaban J connectivity index is 2.41. The molecule has 0 saturated heterocycles. The van der Waals surface area contributed by atoms with Crippen LogP contribution in [0.2, 0.25) is 10.0 Å². The van der Waals surface area contributed by atoms with Gasteiger partial charge in [-0.15, -0.1) is 0 Å². The van der Waals surface area contributed by atoms with Crippen molar-refractivity contribution in [3.05, 3.63) is 28.2 Å². The quantitative estimate of drug-likeness (QED) is 0.814. The van der Waals surface area contributed by atoms with Gasteiger partial charge in [0.2, 0.25) is 0 Å². The molecule has 0 fully saturated rings. The van der Waals surface area contributed by atoms with Gasteiger partial charge in [0.1, 0.15) is 11.5 Å². The molecule has 0 aromatic heterocycles. The second kappa shape index (κ2) is 6.37. The van der Waals surface area contributed by atoms with Crippen LogP contribution >= 0.6 is 23.2 Å². The van der Waals surface area contributed by atoms with E-state index in [1.54, 1.807) is 24.3 Å². The number of ketones is 1. The van der Waals surface area contributed by atoms with Crippen LogP contribution in [0.15, 0.2) is 18.2 Å². The van der Waals surface area contributed by atoms with Gasteiger partial charge in [-0.25, -0.2) is 0 Å². The van der Waals surface area contributed by atoms with Crippen LogP contribution in [0.25, 0.3) is 0 Å². The SMILES string of the molecule is N#CCC(=O)CCOc1ccc(Cl)c(Cl)c1. The van der Waals surface area contributed by atoms with E-state index in [0.717, 1.165) is 0 Å². The monoisotopic (exact) mass is 257 g/mol. The fourth-order valence-corrected chi connectivity index (χ4v) is 1.31. The summed E-state index contributed by atoms with van der Waals surface area (Å²) >= 11 is 11.5. The Morgan fingerprint density at radius 3 is 2.75 bits per heavy atom. The highest BCUT2D eigenvalue weighted by molar-refractivity contribution is 6.42. The molecule has 1 rings (SSSR count). The van der Waals surface area contributed by atoms with E-state index in [9.17, 15) is 4.79 Å². The summed E-state index contributed by atoms with van der Waals surface area (Å²) in [5.41, 5.74) is 0. The van der Waals surface area contributed by atoms with Gasteiger partial charge in [-0.05, 0) is 12.1 Å². The number of Topliss-reactive ketones (excluding diaryl/α,β-unsaturated/α-hetero) is 1. The van der Waals surface area contributed by atoms with Crippen molar-refractivity contribution < 1.29 is 9.53 Å². The summed E-state index contributed by atoms with van der Waals surface area (Å²) in [4.78, 5) is 11.0. The summed E-state index contributed by atoms with van der Waals surface area (Å²) in [6, 6.07) is 6.66. The van der Waals surface area contributed by atoms with Crippen LogP contribution < -0.4 is 4.74 Å². The Morgan fingerprint density at radius 1 is 1.38 bits per heavy atom. The number of carbonyl (C=O) groups excluding carboxylic acids is 1. The van der Waals surface area contributed by atoms with Gasteiger partial charge in [0.05, 0.1) is 29.1 Å². The Labute approximate surface area is 104 Å². The number of rotatable bonds is 5. The lowest BCUT2D eigenvalue weighted by Crippen LogP contribution is -2.05. The van der Waals surface area contributed by atoms with E-state index < -0.39 is 0 Å². The lowest BCUT2D eigenvalue weighted by Gasteiger charge is -2.05. The molecule has 0 spiro atoms. The summed E-state index contributed by atoms with van der Waals surface area (Å²) in [6.45, 7) is 0.235. The van der Waals surface area contributed by atoms with Crippen molar-refractivity contribution in [2.75, 3.05) is 6.61 Å². The minimum Gasteiger partial charge on any atom is -0.493 e. The van der Waals surface area contributed by atoms with E-state index in [4.69, 9.17) is 33.2 Å². The van der Waals surface area contributed by atoms with Crippen LogP contribution in [0.4, 0.5) is 0 Å². The predicted molar refractivity (Wildman–Crippen MR) is 61.8 cm³/mol. The molecule has 1 aromatic carbocycles. The van der Waals surface area contributed by atoms with Crippen molar-refractivity contribution in [1.29, 1.82) is 5.26 Å². The molecular weight excluding hydrogens is 249 g/mol. The van der Waals surface area contributed by atoms with Crippen LogP contribution in [0.1, 0.15) is 12.8 Å². The summed E-state index contributed by atoms with van der Waals surface area (Å²) in [6.07, 6.45) is 0.137. The van der Waals surface area contributed by atoms with Gasteiger partial charge < -0.3 is 4.74 Å². The molecule has 0 aliphatic heterocycles. The molecule has 84 valence electrons. The van der Waals surface area contributed by atoms with Crippen LogP contribution in [-0.2, 0) is 4.79 Å². The van der Waals surface area contributed by atoms with Crippen molar-refractivity contribution in [2.24, 2.45) is 0 Å². The first-order valence-corrected chi connectivity index (χ1v) is 5.35. The summed E-state index contributed by atoms with van der Waals surface area (Å²) in [5.74, 6) is 0.418. The smallest absolute Gasteiger partial charge is 0.150 e. The maximum atomic E-state index is 11.0. The highest BCUT2D eigenvalue weighted by atomic mass is 35.5. The molecule has 0 saturated carbocycles. The van der Waals surface area contributed by atoms with E-state index in [1.165, 1.54) is 0 Å². The molecule has 0 aliphatic carbocycles. The molecule has 0 radical (unpaired) electrons. The van der Waals surface area contributed by atoms with Gasteiger partial charge in [-0.2, -0.15) is 5.26 Å². The zero-order valence-electron chi connectivity index (χ0n) is 8.37. The van der Waals surface area contributed by atoms with Gasteiger partial charge >= 0.3 is 0 Å². The van der Waals surface area contributed by atoms with E-state index in [-0.39, 0.29) is 25.2 Å². The number of hydrogen-bond donors (Lipinski definition) is 0. The maximum Gasteiger partial charge on any atom is 0.150 e. The second-order valence-corrected chi connectivity index (χ2v) is 3.86. The Kier molecular flexibility index (Phi) is 5.10. The number of nitriles is 1. The Hall–Kier alpha value is -1.24. The molecule has 3 nitrogen and oxygen atoms in total. The largest absolute Gasteiger partial charge is 0.493 e. The number of benzene rings is 1. The van der Waals surface area contributed by atoms with Gasteiger partial charge in [0.15, 0.2) is 0 Å². The Bertz CT molecular complexity index is 426. The zero-order valence-corrected chi connectivity index (χ0v) is 9.88.